The number of carbonyl (C=O) groups excluding carboxylic acids is 2. The first-order chi connectivity index (χ1) is 13.0. The number of hydrogen-bond donors (Lipinski definition) is 2. The highest BCUT2D eigenvalue weighted by Crippen LogP contribution is 2.39. The molecule has 1 aliphatic rings. The third kappa shape index (κ3) is 5.08. The van der Waals surface area contributed by atoms with E-state index >= 15 is 0 Å². The smallest absolute Gasteiger partial charge is 0.337 e. The van der Waals surface area contributed by atoms with Crippen molar-refractivity contribution in [2.24, 2.45) is 5.92 Å². The normalized spacial score (nSPS) is 21.8. The van der Waals surface area contributed by atoms with Crippen molar-refractivity contribution in [3.63, 3.8) is 0 Å². The van der Waals surface area contributed by atoms with E-state index in [9.17, 15) is 14.7 Å². The SMILES string of the molecule is CCO[C@@H]1OC(C(=O)NC)=C[C@H](c2ccc(C(=O)OC)cc2)[C@H]1CCCO. The Bertz CT molecular complexity index is 670. The zero-order chi connectivity index (χ0) is 19.8. The summed E-state index contributed by atoms with van der Waals surface area (Å²) in [7, 11) is 2.88. The lowest BCUT2D eigenvalue weighted by atomic mass is 9.80. The molecule has 0 radical (unpaired) electrons. The maximum Gasteiger partial charge on any atom is 0.337 e. The van der Waals surface area contributed by atoms with E-state index in [-0.39, 0.29) is 30.1 Å². The van der Waals surface area contributed by atoms with E-state index in [1.807, 2.05) is 19.1 Å². The Morgan fingerprint density at radius 2 is 1.96 bits per heavy atom. The van der Waals surface area contributed by atoms with E-state index in [0.29, 0.717) is 25.0 Å². The molecule has 0 aromatic heterocycles. The molecule has 0 bridgehead atoms. The summed E-state index contributed by atoms with van der Waals surface area (Å²) in [4.78, 5) is 23.8. The van der Waals surface area contributed by atoms with Gasteiger partial charge in [0.25, 0.3) is 5.91 Å². The fourth-order valence-electron chi connectivity index (χ4n) is 3.23. The second-order valence-electron chi connectivity index (χ2n) is 6.22. The molecule has 1 aromatic carbocycles. The molecule has 0 saturated heterocycles. The zero-order valence-corrected chi connectivity index (χ0v) is 15.9. The van der Waals surface area contributed by atoms with Crippen molar-refractivity contribution in [3.05, 3.63) is 47.2 Å². The Kier molecular flexibility index (Phi) is 7.82. The van der Waals surface area contributed by atoms with Gasteiger partial charge in [-0.25, -0.2) is 4.79 Å². The molecule has 2 N–H and O–H groups in total. The Morgan fingerprint density at radius 1 is 1.26 bits per heavy atom. The number of methoxy groups -OCH3 is 1. The van der Waals surface area contributed by atoms with Crippen molar-refractivity contribution in [2.45, 2.75) is 32.0 Å². The molecule has 2 rings (SSSR count). The quantitative estimate of drug-likeness (QED) is 0.673. The second-order valence-corrected chi connectivity index (χ2v) is 6.22. The standard InChI is InChI=1S/C20H27NO6/c1-4-26-20-15(6-5-11-22)16(12-17(27-20)18(23)21-2)13-7-9-14(10-8-13)19(24)25-3/h7-10,12,15-16,20,22H,4-6,11H2,1-3H3,(H,21,23)/t15-,16-,20-/m1/s1. The van der Waals surface area contributed by atoms with Gasteiger partial charge in [-0.2, -0.15) is 0 Å². The predicted molar refractivity (Wildman–Crippen MR) is 99.0 cm³/mol. The van der Waals surface area contributed by atoms with Gasteiger partial charge in [-0.15, -0.1) is 0 Å². The molecule has 0 fully saturated rings. The lowest BCUT2D eigenvalue weighted by Gasteiger charge is -2.37. The molecule has 0 saturated carbocycles. The van der Waals surface area contributed by atoms with Crippen LogP contribution in [0.25, 0.3) is 0 Å². The lowest BCUT2D eigenvalue weighted by molar-refractivity contribution is -0.166. The molecule has 7 nitrogen and oxygen atoms in total. The molecule has 0 unspecified atom stereocenters. The average Bonchev–Trinajstić information content (AvgIpc) is 2.71. The molecule has 27 heavy (non-hydrogen) atoms. The number of allylic oxidation sites excluding steroid dienone is 1. The number of ether oxygens (including phenoxy) is 3. The third-order valence-electron chi connectivity index (χ3n) is 4.58. The number of benzene rings is 1. The molecule has 0 spiro atoms. The van der Waals surface area contributed by atoms with Crippen molar-refractivity contribution in [1.82, 2.24) is 5.32 Å². The van der Waals surface area contributed by atoms with E-state index in [0.717, 1.165) is 5.56 Å². The Balaban J connectivity index is 2.40. The van der Waals surface area contributed by atoms with E-state index in [1.54, 1.807) is 25.3 Å². The van der Waals surface area contributed by atoms with Gasteiger partial charge in [-0.05, 0) is 43.5 Å². The van der Waals surface area contributed by atoms with Gasteiger partial charge in [0, 0.05) is 32.1 Å². The maximum atomic E-state index is 12.1. The van der Waals surface area contributed by atoms with Crippen LogP contribution in [-0.4, -0.2) is 50.6 Å². The summed E-state index contributed by atoms with van der Waals surface area (Å²) in [6.45, 7) is 2.37. The number of likely N-dealkylation sites (N-methyl/N-ethyl adjacent to an activating group) is 1. The minimum atomic E-state index is -0.593. The summed E-state index contributed by atoms with van der Waals surface area (Å²) < 4.78 is 16.3. The summed E-state index contributed by atoms with van der Waals surface area (Å²) in [5.41, 5.74) is 1.39. The molecule has 3 atom stereocenters. The molecule has 1 aromatic rings. The number of rotatable bonds is 8. The molecule has 1 amide bonds. The number of amides is 1. The maximum absolute atomic E-state index is 12.1. The molecular weight excluding hydrogens is 350 g/mol. The number of esters is 1. The molecule has 1 heterocycles. The number of aliphatic hydroxyl groups excluding tert-OH is 1. The van der Waals surface area contributed by atoms with Crippen LogP contribution in [-0.2, 0) is 19.0 Å². The van der Waals surface area contributed by atoms with Gasteiger partial charge in [0.1, 0.15) is 0 Å². The first-order valence-electron chi connectivity index (χ1n) is 9.07. The van der Waals surface area contributed by atoms with Crippen LogP contribution in [0.15, 0.2) is 36.1 Å². The zero-order valence-electron chi connectivity index (χ0n) is 15.9. The monoisotopic (exact) mass is 377 g/mol. The summed E-state index contributed by atoms with van der Waals surface area (Å²) in [5, 5.41) is 11.8. The minimum absolute atomic E-state index is 0.0648. The number of hydrogen-bond acceptors (Lipinski definition) is 6. The molecule has 0 aliphatic carbocycles. The minimum Gasteiger partial charge on any atom is -0.465 e. The largest absolute Gasteiger partial charge is 0.465 e. The highest BCUT2D eigenvalue weighted by atomic mass is 16.7. The molecule has 1 aliphatic heterocycles. The Morgan fingerprint density at radius 3 is 2.52 bits per heavy atom. The first-order valence-corrected chi connectivity index (χ1v) is 9.07. The van der Waals surface area contributed by atoms with E-state index < -0.39 is 12.3 Å². The van der Waals surface area contributed by atoms with Crippen molar-refractivity contribution in [3.8, 4) is 0 Å². The molecule has 148 valence electrons. The topological polar surface area (TPSA) is 94.1 Å². The highest BCUT2D eigenvalue weighted by Gasteiger charge is 2.37. The number of carbonyl (C=O) groups is 2. The van der Waals surface area contributed by atoms with E-state index in [4.69, 9.17) is 14.2 Å². The van der Waals surface area contributed by atoms with Gasteiger partial charge in [-0.1, -0.05) is 12.1 Å². The van der Waals surface area contributed by atoms with Crippen LogP contribution >= 0.6 is 0 Å². The highest BCUT2D eigenvalue weighted by molar-refractivity contribution is 5.91. The molecule has 7 heteroatoms. The lowest BCUT2D eigenvalue weighted by Crippen LogP contribution is -2.38. The summed E-state index contributed by atoms with van der Waals surface area (Å²) in [6, 6.07) is 7.08. The van der Waals surface area contributed by atoms with Crippen LogP contribution in [0.1, 0.15) is 41.6 Å². The average molecular weight is 377 g/mol. The fourth-order valence-corrected chi connectivity index (χ4v) is 3.23. The number of nitrogens with one attached hydrogen (secondary N) is 1. The van der Waals surface area contributed by atoms with Crippen molar-refractivity contribution in [1.29, 1.82) is 0 Å². The summed E-state index contributed by atoms with van der Waals surface area (Å²) in [6.07, 6.45) is 2.45. The van der Waals surface area contributed by atoms with Gasteiger partial charge >= 0.3 is 5.97 Å². The van der Waals surface area contributed by atoms with Gasteiger partial charge in [0.05, 0.1) is 12.7 Å². The van der Waals surface area contributed by atoms with E-state index in [2.05, 4.69) is 5.32 Å². The van der Waals surface area contributed by atoms with Crippen molar-refractivity contribution in [2.75, 3.05) is 27.4 Å². The van der Waals surface area contributed by atoms with Gasteiger partial charge in [-0.3, -0.25) is 4.79 Å². The third-order valence-corrected chi connectivity index (χ3v) is 4.58. The van der Waals surface area contributed by atoms with Gasteiger partial charge < -0.3 is 24.6 Å². The van der Waals surface area contributed by atoms with Crippen LogP contribution in [0.2, 0.25) is 0 Å². The second kappa shape index (κ2) is 10.1. The fraction of sp³-hybridized carbons (Fsp3) is 0.500. The van der Waals surface area contributed by atoms with Gasteiger partial charge in [0.2, 0.25) is 6.29 Å². The van der Waals surface area contributed by atoms with Crippen LogP contribution in [0.5, 0.6) is 0 Å². The number of aliphatic hydroxyl groups is 1. The van der Waals surface area contributed by atoms with Crippen LogP contribution in [0.3, 0.4) is 0 Å². The van der Waals surface area contributed by atoms with Crippen LogP contribution in [0.4, 0.5) is 0 Å². The van der Waals surface area contributed by atoms with E-state index in [1.165, 1.54) is 7.11 Å². The van der Waals surface area contributed by atoms with Crippen molar-refractivity contribution >= 4 is 11.9 Å². The van der Waals surface area contributed by atoms with Crippen molar-refractivity contribution < 1.29 is 28.9 Å². The first kappa shape index (κ1) is 20.9. The summed E-state index contributed by atoms with van der Waals surface area (Å²) >= 11 is 0. The van der Waals surface area contributed by atoms with Crippen LogP contribution < -0.4 is 5.32 Å². The summed E-state index contributed by atoms with van der Waals surface area (Å²) in [5.74, 6) is -0.746. The Hall–Kier alpha value is -2.38. The molecular formula is C20H27NO6. The van der Waals surface area contributed by atoms with Crippen LogP contribution in [0, 0.1) is 5.92 Å². The Labute approximate surface area is 159 Å². The predicted octanol–water partition coefficient (Wildman–Crippen LogP) is 1.97. The van der Waals surface area contributed by atoms with Gasteiger partial charge in [0.15, 0.2) is 5.76 Å².